The fourth-order valence-corrected chi connectivity index (χ4v) is 10.7. The normalized spacial score (nSPS) is 22.3. The van der Waals surface area contributed by atoms with Gasteiger partial charge in [0.1, 0.15) is 17.6 Å². The van der Waals surface area contributed by atoms with Crippen molar-refractivity contribution in [3.8, 4) is 11.3 Å². The van der Waals surface area contributed by atoms with Crippen molar-refractivity contribution in [1.29, 1.82) is 0 Å². The third kappa shape index (κ3) is 7.23. The number of carbonyl (C=O) groups is 5. The van der Waals surface area contributed by atoms with E-state index < -0.39 is 23.8 Å². The van der Waals surface area contributed by atoms with Crippen LogP contribution in [0.1, 0.15) is 66.3 Å². The second kappa shape index (κ2) is 16.4. The van der Waals surface area contributed by atoms with Crippen LogP contribution in [0, 0.1) is 5.92 Å². The largest absolute Gasteiger partial charge is 0.371 e. The first-order chi connectivity index (χ1) is 32.0. The summed E-state index contributed by atoms with van der Waals surface area (Å²) < 4.78 is 1.65. The number of piperazine rings is 1. The van der Waals surface area contributed by atoms with Gasteiger partial charge >= 0.3 is 0 Å². The monoisotopic (exact) mass is 893 g/mol. The van der Waals surface area contributed by atoms with Crippen molar-refractivity contribution in [3.05, 3.63) is 77.1 Å². The van der Waals surface area contributed by atoms with Crippen molar-refractivity contribution < 1.29 is 24.0 Å². The fourth-order valence-electron chi connectivity index (χ4n) is 10.7. The van der Waals surface area contributed by atoms with Crippen molar-refractivity contribution in [3.63, 3.8) is 0 Å². The van der Waals surface area contributed by atoms with Gasteiger partial charge in [0, 0.05) is 113 Å². The Bertz CT molecular complexity index is 2830. The molecule has 9 heterocycles. The van der Waals surface area contributed by atoms with E-state index in [1.54, 1.807) is 16.8 Å². The third-order valence-corrected chi connectivity index (χ3v) is 14.5. The van der Waals surface area contributed by atoms with Crippen LogP contribution in [0.4, 0.5) is 23.1 Å². The van der Waals surface area contributed by atoms with Crippen LogP contribution in [-0.2, 0) is 14.4 Å². The number of nitrogens with one attached hydrogen (secondary N) is 3. The molecule has 0 spiro atoms. The number of benzene rings is 2. The minimum absolute atomic E-state index is 0.0962. The molecule has 3 aromatic heterocycles. The molecule has 4 fully saturated rings. The Hall–Kier alpha value is -7.06. The quantitative estimate of drug-likeness (QED) is 0.182. The fraction of sp³-hybridized carbons (Fsp3) is 0.435. The van der Waals surface area contributed by atoms with Crippen LogP contribution in [-0.4, -0.2) is 158 Å². The summed E-state index contributed by atoms with van der Waals surface area (Å²) in [6.07, 6.45) is 4.17. The minimum Gasteiger partial charge on any atom is -0.371 e. The van der Waals surface area contributed by atoms with Gasteiger partial charge in [-0.15, -0.1) is 0 Å². The molecule has 66 heavy (non-hydrogen) atoms. The van der Waals surface area contributed by atoms with E-state index >= 15 is 0 Å². The van der Waals surface area contributed by atoms with Gasteiger partial charge in [-0.2, -0.15) is 5.10 Å². The molecular weight excluding hydrogens is 843 g/mol. The van der Waals surface area contributed by atoms with Crippen LogP contribution < -0.4 is 25.3 Å². The zero-order valence-corrected chi connectivity index (χ0v) is 37.1. The maximum atomic E-state index is 13.7. The number of tetrazole rings is 1. The van der Waals surface area contributed by atoms with Crippen LogP contribution >= 0.6 is 0 Å². The molecular formula is C46H51N15O5. The van der Waals surface area contributed by atoms with Gasteiger partial charge in [-0.25, -0.2) is 9.67 Å². The second-order valence-electron chi connectivity index (χ2n) is 18.3. The standard InChI is InChI=1S/C46H51N15O5/c1-26-40(27(2)61-46(55(26)3)52-53-54-61)43(64)48-30-4-7-36-35(21-30)41(51-50-36)29-10-13-47-38(20-29)59-18-16-58(17-19-59)32-24-56(25-32)23-28-11-14-57(15-12-28)31-5-6-33-34(22-31)45(66)60(44(33)65)37-8-9-39(62)49-42(37)63/h4-7,10,13,20-22,27-28,32,37H,8-9,11-12,14-19,23-25H2,1-3H3,(H,48,64)(H,50,51)(H,49,62,63)/t27-,37?/m1/s1. The third-order valence-electron chi connectivity index (χ3n) is 14.5. The van der Waals surface area contributed by atoms with E-state index in [-0.39, 0.29) is 30.7 Å². The van der Waals surface area contributed by atoms with Gasteiger partial charge in [0.05, 0.1) is 28.3 Å². The summed E-state index contributed by atoms with van der Waals surface area (Å²) in [5.41, 5.74) is 6.18. The van der Waals surface area contributed by atoms with Crippen LogP contribution in [0.15, 0.2) is 66.0 Å². The number of nitrogens with zero attached hydrogens (tertiary/aromatic N) is 12. The van der Waals surface area contributed by atoms with Gasteiger partial charge in [-0.05, 0) is 98.0 Å². The number of carbonyl (C=O) groups excluding carboxylic acids is 5. The molecule has 5 aromatic rings. The number of hydrogen-bond donors (Lipinski definition) is 3. The van der Waals surface area contributed by atoms with Crippen LogP contribution in [0.2, 0.25) is 0 Å². The summed E-state index contributed by atoms with van der Waals surface area (Å²) in [6, 6.07) is 14.5. The highest BCUT2D eigenvalue weighted by Crippen LogP contribution is 2.36. The number of rotatable bonds is 9. The molecule has 3 N–H and O–H groups in total. The molecule has 6 aliphatic rings. The lowest BCUT2D eigenvalue weighted by atomic mass is 9.93. The highest BCUT2D eigenvalue weighted by Gasteiger charge is 2.45. The molecule has 0 bridgehead atoms. The maximum absolute atomic E-state index is 13.7. The number of hydrogen-bond acceptors (Lipinski definition) is 15. The minimum atomic E-state index is -0.968. The average Bonchev–Trinajstić information content (AvgIpc) is 4.04. The Kier molecular flexibility index (Phi) is 10.4. The Morgan fingerprint density at radius 1 is 0.879 bits per heavy atom. The van der Waals surface area contributed by atoms with E-state index in [9.17, 15) is 24.0 Å². The number of anilines is 4. The molecule has 20 nitrogen and oxygen atoms in total. The van der Waals surface area contributed by atoms with E-state index in [1.165, 1.54) is 0 Å². The van der Waals surface area contributed by atoms with Crippen molar-refractivity contribution in [2.45, 2.75) is 57.7 Å². The number of aromatic amines is 1. The highest BCUT2D eigenvalue weighted by atomic mass is 16.2. The number of fused-ring (bicyclic) bond motifs is 3. The zero-order valence-electron chi connectivity index (χ0n) is 37.1. The first kappa shape index (κ1) is 41.6. The van der Waals surface area contributed by atoms with E-state index in [2.05, 4.69) is 62.0 Å². The molecule has 20 heteroatoms. The predicted octanol–water partition coefficient (Wildman–Crippen LogP) is 2.66. The molecule has 2 atom stereocenters. The molecule has 5 amide bonds. The number of aromatic nitrogens is 7. The lowest BCUT2D eigenvalue weighted by Crippen LogP contribution is -2.63. The van der Waals surface area contributed by atoms with Crippen LogP contribution in [0.5, 0.6) is 0 Å². The van der Waals surface area contributed by atoms with Crippen LogP contribution in [0.3, 0.4) is 0 Å². The van der Waals surface area contributed by atoms with Crippen molar-refractivity contribution >= 4 is 63.6 Å². The number of allylic oxidation sites excluding steroid dienone is 1. The molecule has 4 saturated heterocycles. The zero-order chi connectivity index (χ0) is 45.4. The molecule has 1 unspecified atom stereocenters. The van der Waals surface area contributed by atoms with Crippen molar-refractivity contribution in [2.24, 2.45) is 5.92 Å². The summed E-state index contributed by atoms with van der Waals surface area (Å²) in [5.74, 6) is -0.0538. The Morgan fingerprint density at radius 3 is 2.45 bits per heavy atom. The molecule has 0 radical (unpaired) electrons. The topological polar surface area (TPSA) is 214 Å². The number of piperidine rings is 2. The Balaban J connectivity index is 0.655. The number of pyridine rings is 1. The van der Waals surface area contributed by atoms with Gasteiger partial charge in [0.25, 0.3) is 17.7 Å². The first-order valence-electron chi connectivity index (χ1n) is 22.8. The van der Waals surface area contributed by atoms with Gasteiger partial charge in [0.2, 0.25) is 17.8 Å². The van der Waals surface area contributed by atoms with Gasteiger partial charge in [-0.1, -0.05) is 5.10 Å². The summed E-state index contributed by atoms with van der Waals surface area (Å²) in [4.78, 5) is 81.8. The maximum Gasteiger partial charge on any atom is 0.262 e. The summed E-state index contributed by atoms with van der Waals surface area (Å²) in [6.45, 7) is 12.5. The van der Waals surface area contributed by atoms with E-state index in [1.807, 2.05) is 62.3 Å². The average molecular weight is 894 g/mol. The molecule has 2 aromatic carbocycles. The predicted molar refractivity (Wildman–Crippen MR) is 244 cm³/mol. The molecule has 6 aliphatic heterocycles. The van der Waals surface area contributed by atoms with E-state index in [0.717, 1.165) is 116 Å². The lowest BCUT2D eigenvalue weighted by molar-refractivity contribution is -0.136. The smallest absolute Gasteiger partial charge is 0.262 e. The summed E-state index contributed by atoms with van der Waals surface area (Å²) >= 11 is 0. The number of imide groups is 2. The van der Waals surface area contributed by atoms with Gasteiger partial charge in [0.15, 0.2) is 0 Å². The van der Waals surface area contributed by atoms with Crippen LogP contribution in [0.25, 0.3) is 22.2 Å². The molecule has 0 aliphatic carbocycles. The number of H-pyrrole nitrogens is 1. The molecule has 0 saturated carbocycles. The molecule has 340 valence electrons. The van der Waals surface area contributed by atoms with Gasteiger partial charge in [-0.3, -0.25) is 49.1 Å². The Labute approximate surface area is 379 Å². The Morgan fingerprint density at radius 2 is 1.67 bits per heavy atom. The summed E-state index contributed by atoms with van der Waals surface area (Å²) in [7, 11) is 1.85. The van der Waals surface area contributed by atoms with Crippen molar-refractivity contribution in [2.75, 3.05) is 86.0 Å². The lowest BCUT2D eigenvalue weighted by Gasteiger charge is -2.49. The SMILES string of the molecule is CC1=C(C(=O)Nc2ccc3[nH]nc(-c4ccnc(N5CCN(C6CN(CC7CCN(c8ccc9c(c8)C(=O)N(C8CCC(=O)NC8=O)C9=O)CC7)C6)CC5)c4)c3c2)[C@@H](C)n2nnnc2N1C. The second-order valence-corrected chi connectivity index (χ2v) is 18.3. The highest BCUT2D eigenvalue weighted by molar-refractivity contribution is 6.23. The van der Waals surface area contributed by atoms with E-state index in [4.69, 9.17) is 4.98 Å². The number of amides is 5. The first-order valence-corrected chi connectivity index (χ1v) is 22.8. The van der Waals surface area contributed by atoms with E-state index in [0.29, 0.717) is 40.3 Å². The molecule has 11 rings (SSSR count). The van der Waals surface area contributed by atoms with Gasteiger partial charge < -0.3 is 20.0 Å². The summed E-state index contributed by atoms with van der Waals surface area (Å²) in [5, 5.41) is 26.1. The van der Waals surface area contributed by atoms with Crippen molar-refractivity contribution in [1.82, 2.24) is 55.4 Å². The number of likely N-dealkylation sites (tertiary alicyclic amines) is 1.